The SMILES string of the molecule is COc1ccccc1CC(=O)N1CCC(NC(=O)COc2cccc(C(F)(F)F)c2)CC1. The molecule has 0 aliphatic carbocycles. The highest BCUT2D eigenvalue weighted by molar-refractivity contribution is 5.80. The lowest BCUT2D eigenvalue weighted by molar-refractivity contribution is -0.137. The van der Waals surface area contributed by atoms with Crippen molar-refractivity contribution in [2.75, 3.05) is 26.8 Å². The van der Waals surface area contributed by atoms with Crippen molar-refractivity contribution in [1.82, 2.24) is 10.2 Å². The van der Waals surface area contributed by atoms with E-state index in [-0.39, 0.29) is 30.7 Å². The molecule has 1 heterocycles. The number of para-hydroxylation sites is 1. The van der Waals surface area contributed by atoms with E-state index in [1.165, 1.54) is 12.1 Å². The number of hydrogen-bond donors (Lipinski definition) is 1. The normalized spacial score (nSPS) is 14.7. The minimum Gasteiger partial charge on any atom is -0.496 e. The van der Waals surface area contributed by atoms with Crippen LogP contribution in [0.4, 0.5) is 13.2 Å². The predicted molar refractivity (Wildman–Crippen MR) is 111 cm³/mol. The molecule has 6 nitrogen and oxygen atoms in total. The van der Waals surface area contributed by atoms with Gasteiger partial charge < -0.3 is 19.7 Å². The van der Waals surface area contributed by atoms with Crippen LogP contribution in [0.5, 0.6) is 11.5 Å². The first-order valence-electron chi connectivity index (χ1n) is 10.3. The molecule has 0 saturated carbocycles. The molecule has 1 N–H and O–H groups in total. The van der Waals surface area contributed by atoms with Crippen molar-refractivity contribution >= 4 is 11.8 Å². The quantitative estimate of drug-likeness (QED) is 0.702. The number of likely N-dealkylation sites (tertiary alicyclic amines) is 1. The highest BCUT2D eigenvalue weighted by Crippen LogP contribution is 2.31. The van der Waals surface area contributed by atoms with Crippen LogP contribution >= 0.6 is 0 Å². The van der Waals surface area contributed by atoms with Crippen LogP contribution in [0.15, 0.2) is 48.5 Å². The Bertz CT molecular complexity index is 941. The van der Waals surface area contributed by atoms with Crippen molar-refractivity contribution in [1.29, 1.82) is 0 Å². The van der Waals surface area contributed by atoms with Crippen LogP contribution in [0.2, 0.25) is 0 Å². The number of piperidine rings is 1. The summed E-state index contributed by atoms with van der Waals surface area (Å²) in [6.07, 6.45) is -3.05. The van der Waals surface area contributed by atoms with Crippen LogP contribution in [-0.2, 0) is 22.2 Å². The number of benzene rings is 2. The highest BCUT2D eigenvalue weighted by atomic mass is 19.4. The number of alkyl halides is 3. The summed E-state index contributed by atoms with van der Waals surface area (Å²) in [5.41, 5.74) is -0.0114. The van der Waals surface area contributed by atoms with Gasteiger partial charge in [0.25, 0.3) is 5.91 Å². The molecule has 0 unspecified atom stereocenters. The number of hydrogen-bond acceptors (Lipinski definition) is 4. The minimum absolute atomic E-state index is 0.00726. The zero-order valence-electron chi connectivity index (χ0n) is 17.7. The number of carbonyl (C=O) groups excluding carboxylic acids is 2. The van der Waals surface area contributed by atoms with Crippen LogP contribution in [0.3, 0.4) is 0 Å². The molecule has 3 rings (SSSR count). The maximum atomic E-state index is 12.8. The molecule has 1 saturated heterocycles. The molecule has 1 aliphatic rings. The zero-order valence-corrected chi connectivity index (χ0v) is 17.7. The van der Waals surface area contributed by atoms with E-state index < -0.39 is 17.6 Å². The number of nitrogens with zero attached hydrogens (tertiary/aromatic N) is 1. The number of methoxy groups -OCH3 is 1. The van der Waals surface area contributed by atoms with Gasteiger partial charge in [0.2, 0.25) is 5.91 Å². The van der Waals surface area contributed by atoms with Crippen molar-refractivity contribution in [3.63, 3.8) is 0 Å². The fourth-order valence-corrected chi connectivity index (χ4v) is 3.58. The number of amides is 2. The van der Waals surface area contributed by atoms with E-state index in [2.05, 4.69) is 5.32 Å². The van der Waals surface area contributed by atoms with Crippen molar-refractivity contribution in [3.05, 3.63) is 59.7 Å². The molecular weight excluding hydrogens is 425 g/mol. The van der Waals surface area contributed by atoms with Gasteiger partial charge in [-0.25, -0.2) is 0 Å². The fourth-order valence-electron chi connectivity index (χ4n) is 3.58. The molecule has 2 aromatic carbocycles. The number of carbonyl (C=O) groups is 2. The molecule has 1 aliphatic heterocycles. The minimum atomic E-state index is -4.47. The molecular formula is C23H25F3N2O4. The maximum Gasteiger partial charge on any atom is 0.416 e. The Hall–Kier alpha value is -3.23. The summed E-state index contributed by atoms with van der Waals surface area (Å²) in [5, 5.41) is 2.82. The van der Waals surface area contributed by atoms with E-state index in [0.717, 1.165) is 17.7 Å². The molecule has 0 aromatic heterocycles. The van der Waals surface area contributed by atoms with E-state index in [1.807, 2.05) is 24.3 Å². The van der Waals surface area contributed by atoms with Crippen molar-refractivity contribution in [3.8, 4) is 11.5 Å². The molecule has 172 valence electrons. The smallest absolute Gasteiger partial charge is 0.416 e. The number of halogens is 3. The van der Waals surface area contributed by atoms with Gasteiger partial charge >= 0.3 is 6.18 Å². The van der Waals surface area contributed by atoms with Gasteiger partial charge in [-0.15, -0.1) is 0 Å². The van der Waals surface area contributed by atoms with Crippen LogP contribution in [0, 0.1) is 0 Å². The lowest BCUT2D eigenvalue weighted by Gasteiger charge is -2.32. The van der Waals surface area contributed by atoms with Gasteiger partial charge in [-0.2, -0.15) is 13.2 Å². The topological polar surface area (TPSA) is 67.9 Å². The molecule has 0 spiro atoms. The van der Waals surface area contributed by atoms with Crippen LogP contribution in [0.25, 0.3) is 0 Å². The summed E-state index contributed by atoms with van der Waals surface area (Å²) < 4.78 is 48.8. The summed E-state index contributed by atoms with van der Waals surface area (Å²) in [7, 11) is 1.56. The Balaban J connectivity index is 1.43. The summed E-state index contributed by atoms with van der Waals surface area (Å²) in [6.45, 7) is 0.634. The summed E-state index contributed by atoms with van der Waals surface area (Å²) >= 11 is 0. The van der Waals surface area contributed by atoms with Crippen molar-refractivity contribution < 1.29 is 32.2 Å². The van der Waals surface area contributed by atoms with Gasteiger partial charge in [0, 0.05) is 24.7 Å². The van der Waals surface area contributed by atoms with Gasteiger partial charge in [0.1, 0.15) is 11.5 Å². The molecule has 2 aromatic rings. The molecule has 32 heavy (non-hydrogen) atoms. The van der Waals surface area contributed by atoms with Crippen molar-refractivity contribution in [2.45, 2.75) is 31.5 Å². The zero-order chi connectivity index (χ0) is 23.1. The Kier molecular flexibility index (Phi) is 7.61. The first kappa shape index (κ1) is 23.4. The largest absolute Gasteiger partial charge is 0.496 e. The highest BCUT2D eigenvalue weighted by Gasteiger charge is 2.30. The average Bonchev–Trinajstić information content (AvgIpc) is 2.78. The van der Waals surface area contributed by atoms with E-state index in [1.54, 1.807) is 12.0 Å². The third-order valence-corrected chi connectivity index (χ3v) is 5.28. The number of nitrogens with one attached hydrogen (secondary N) is 1. The molecule has 0 bridgehead atoms. The molecule has 0 radical (unpaired) electrons. The Morgan fingerprint density at radius 3 is 2.50 bits per heavy atom. The molecule has 2 amide bonds. The maximum absolute atomic E-state index is 12.8. The molecule has 1 fully saturated rings. The van der Waals surface area contributed by atoms with Crippen LogP contribution in [0.1, 0.15) is 24.0 Å². The van der Waals surface area contributed by atoms with E-state index in [0.29, 0.717) is 31.7 Å². The van der Waals surface area contributed by atoms with E-state index in [9.17, 15) is 22.8 Å². The number of rotatable bonds is 7. The van der Waals surface area contributed by atoms with Crippen LogP contribution < -0.4 is 14.8 Å². The van der Waals surface area contributed by atoms with Crippen LogP contribution in [-0.4, -0.2) is 49.6 Å². The lowest BCUT2D eigenvalue weighted by Crippen LogP contribution is -2.47. The fraction of sp³-hybridized carbons (Fsp3) is 0.391. The van der Waals surface area contributed by atoms with Gasteiger partial charge in [-0.3, -0.25) is 9.59 Å². The standard InChI is InChI=1S/C23H25F3N2O4/c1-31-20-8-3-2-5-16(20)13-22(30)28-11-9-18(10-12-28)27-21(29)15-32-19-7-4-6-17(14-19)23(24,25)26/h2-8,14,18H,9-13,15H2,1H3,(H,27,29). The average molecular weight is 450 g/mol. The van der Waals surface area contributed by atoms with Gasteiger partial charge in [-0.05, 0) is 37.1 Å². The predicted octanol–water partition coefficient (Wildman–Crippen LogP) is 3.44. The van der Waals surface area contributed by atoms with Crippen molar-refractivity contribution in [2.24, 2.45) is 0 Å². The monoisotopic (exact) mass is 450 g/mol. The lowest BCUT2D eigenvalue weighted by atomic mass is 10.0. The first-order valence-corrected chi connectivity index (χ1v) is 10.3. The first-order chi connectivity index (χ1) is 15.3. The second-order valence-corrected chi connectivity index (χ2v) is 7.53. The molecule has 0 atom stereocenters. The summed E-state index contributed by atoms with van der Waals surface area (Å²) in [4.78, 5) is 26.5. The molecule has 9 heteroatoms. The Morgan fingerprint density at radius 2 is 1.81 bits per heavy atom. The number of ether oxygens (including phenoxy) is 2. The third kappa shape index (κ3) is 6.38. The second-order valence-electron chi connectivity index (χ2n) is 7.53. The summed E-state index contributed by atoms with van der Waals surface area (Å²) in [6, 6.07) is 11.6. The van der Waals surface area contributed by atoms with Gasteiger partial charge in [0.05, 0.1) is 19.1 Å². The van der Waals surface area contributed by atoms with E-state index in [4.69, 9.17) is 9.47 Å². The summed E-state index contributed by atoms with van der Waals surface area (Å²) in [5.74, 6) is 0.226. The van der Waals surface area contributed by atoms with Gasteiger partial charge in [-0.1, -0.05) is 24.3 Å². The second kappa shape index (κ2) is 10.4. The van der Waals surface area contributed by atoms with Gasteiger partial charge in [0.15, 0.2) is 6.61 Å². The van der Waals surface area contributed by atoms with E-state index >= 15 is 0 Å². The Morgan fingerprint density at radius 1 is 1.09 bits per heavy atom. The third-order valence-electron chi connectivity index (χ3n) is 5.28. The Labute approximate surface area is 184 Å².